The average Bonchev–Trinajstić information content (AvgIpc) is 2.53. The molecule has 0 N–H and O–H groups in total. The molecule has 80 valence electrons. The SMILES string of the molecule is Cn1c(Cl)c(C(=O)N=C=S)c2ccccc21. The summed E-state index contributed by atoms with van der Waals surface area (Å²) in [5.74, 6) is -0.461. The number of halogens is 1. The topological polar surface area (TPSA) is 34.4 Å². The van der Waals surface area contributed by atoms with Gasteiger partial charge in [0.15, 0.2) is 0 Å². The molecule has 0 fully saturated rings. The molecule has 2 rings (SSSR count). The summed E-state index contributed by atoms with van der Waals surface area (Å²) < 4.78 is 1.74. The largest absolute Gasteiger partial charge is 0.334 e. The predicted molar refractivity (Wildman–Crippen MR) is 67.3 cm³/mol. The van der Waals surface area contributed by atoms with E-state index in [0.29, 0.717) is 10.7 Å². The van der Waals surface area contributed by atoms with Crippen LogP contribution in [0, 0.1) is 0 Å². The molecule has 16 heavy (non-hydrogen) atoms. The summed E-state index contributed by atoms with van der Waals surface area (Å²) in [5.41, 5.74) is 1.26. The maximum atomic E-state index is 11.7. The summed E-state index contributed by atoms with van der Waals surface area (Å²) in [6.45, 7) is 0. The standard InChI is InChI=1S/C11H7ClN2OS/c1-14-8-5-3-2-4-7(8)9(10(14)12)11(15)13-6-16/h2-5H,1H3. The average molecular weight is 251 g/mol. The Morgan fingerprint density at radius 3 is 2.88 bits per heavy atom. The summed E-state index contributed by atoms with van der Waals surface area (Å²) in [6.07, 6.45) is 0. The number of aromatic nitrogens is 1. The molecule has 2 aromatic rings. The lowest BCUT2D eigenvalue weighted by Gasteiger charge is -1.95. The van der Waals surface area contributed by atoms with Crippen molar-refractivity contribution < 1.29 is 4.79 Å². The van der Waals surface area contributed by atoms with E-state index in [4.69, 9.17) is 11.6 Å². The number of hydrogen-bond donors (Lipinski definition) is 0. The third-order valence-corrected chi connectivity index (χ3v) is 2.93. The lowest BCUT2D eigenvalue weighted by Crippen LogP contribution is -1.94. The Bertz CT molecular complexity index is 626. The lowest BCUT2D eigenvalue weighted by molar-refractivity contribution is 0.101. The summed E-state index contributed by atoms with van der Waals surface area (Å²) in [7, 11) is 1.79. The summed E-state index contributed by atoms with van der Waals surface area (Å²) in [6, 6.07) is 7.44. The molecule has 0 saturated heterocycles. The normalized spacial score (nSPS) is 10.1. The molecule has 5 heteroatoms. The highest BCUT2D eigenvalue weighted by Gasteiger charge is 2.18. The number of carbonyl (C=O) groups is 1. The fraction of sp³-hybridized carbons (Fsp3) is 0.0909. The fourth-order valence-electron chi connectivity index (χ4n) is 1.66. The van der Waals surface area contributed by atoms with E-state index in [9.17, 15) is 4.79 Å². The van der Waals surface area contributed by atoms with Crippen LogP contribution in [-0.2, 0) is 7.05 Å². The number of carbonyl (C=O) groups excluding carboxylic acids is 1. The number of nitrogens with zero attached hydrogens (tertiary/aromatic N) is 2. The fourth-order valence-corrected chi connectivity index (χ4v) is 2.02. The molecule has 0 spiro atoms. The van der Waals surface area contributed by atoms with Crippen molar-refractivity contribution in [2.24, 2.45) is 12.0 Å². The van der Waals surface area contributed by atoms with E-state index in [1.807, 2.05) is 24.3 Å². The number of para-hydroxylation sites is 1. The van der Waals surface area contributed by atoms with E-state index in [1.54, 1.807) is 11.6 Å². The molecule has 0 aliphatic heterocycles. The number of benzene rings is 1. The van der Waals surface area contributed by atoms with E-state index < -0.39 is 5.91 Å². The van der Waals surface area contributed by atoms with Crippen molar-refractivity contribution in [3.05, 3.63) is 35.0 Å². The highest BCUT2D eigenvalue weighted by Crippen LogP contribution is 2.29. The van der Waals surface area contributed by atoms with Gasteiger partial charge in [0.1, 0.15) is 5.15 Å². The number of hydrogen-bond acceptors (Lipinski definition) is 2. The first-order valence-corrected chi connectivity index (χ1v) is 5.30. The summed E-state index contributed by atoms with van der Waals surface area (Å²) in [5, 5.41) is 3.19. The first-order valence-electron chi connectivity index (χ1n) is 4.52. The van der Waals surface area contributed by atoms with Gasteiger partial charge in [-0.3, -0.25) is 4.79 Å². The van der Waals surface area contributed by atoms with Crippen molar-refractivity contribution in [2.45, 2.75) is 0 Å². The highest BCUT2D eigenvalue weighted by molar-refractivity contribution is 7.78. The summed E-state index contributed by atoms with van der Waals surface area (Å²) in [4.78, 5) is 15.1. The number of aryl methyl sites for hydroxylation is 1. The smallest absolute Gasteiger partial charge is 0.289 e. The first-order chi connectivity index (χ1) is 7.66. The van der Waals surface area contributed by atoms with Crippen molar-refractivity contribution in [2.75, 3.05) is 0 Å². The van der Waals surface area contributed by atoms with Crippen LogP contribution in [0.1, 0.15) is 10.4 Å². The van der Waals surface area contributed by atoms with Crippen molar-refractivity contribution in [1.82, 2.24) is 4.57 Å². The Morgan fingerprint density at radius 1 is 1.50 bits per heavy atom. The number of thiocarbonyl (C=S) groups is 1. The van der Waals surface area contributed by atoms with Gasteiger partial charge in [-0.05, 0) is 18.3 Å². The van der Waals surface area contributed by atoms with E-state index in [1.165, 1.54) is 0 Å². The minimum absolute atomic E-state index is 0.361. The monoisotopic (exact) mass is 250 g/mol. The van der Waals surface area contributed by atoms with Crippen molar-refractivity contribution >= 4 is 45.8 Å². The lowest BCUT2D eigenvalue weighted by atomic mass is 10.2. The maximum Gasteiger partial charge on any atom is 0.289 e. The van der Waals surface area contributed by atoms with Crippen LogP contribution in [-0.4, -0.2) is 15.6 Å². The molecule has 0 atom stereocenters. The van der Waals surface area contributed by atoms with Crippen molar-refractivity contribution in [3.8, 4) is 0 Å². The van der Waals surface area contributed by atoms with E-state index in [-0.39, 0.29) is 0 Å². The van der Waals surface area contributed by atoms with Gasteiger partial charge in [-0.2, -0.15) is 4.99 Å². The van der Waals surface area contributed by atoms with Crippen LogP contribution < -0.4 is 0 Å². The molecule has 1 heterocycles. The van der Waals surface area contributed by atoms with Crippen molar-refractivity contribution in [3.63, 3.8) is 0 Å². The van der Waals surface area contributed by atoms with E-state index >= 15 is 0 Å². The third-order valence-electron chi connectivity index (χ3n) is 2.40. The van der Waals surface area contributed by atoms with Crippen LogP contribution in [0.4, 0.5) is 0 Å². The van der Waals surface area contributed by atoms with Crippen LogP contribution in [0.2, 0.25) is 5.15 Å². The highest BCUT2D eigenvalue weighted by atomic mass is 35.5. The van der Waals surface area contributed by atoms with E-state index in [0.717, 1.165) is 10.9 Å². The second-order valence-electron chi connectivity index (χ2n) is 3.25. The zero-order valence-corrected chi connectivity index (χ0v) is 9.97. The zero-order chi connectivity index (χ0) is 11.7. The van der Waals surface area contributed by atoms with Crippen LogP contribution >= 0.6 is 23.8 Å². The molecule has 1 aromatic heterocycles. The molecule has 0 aliphatic rings. The Hall–Kier alpha value is -1.48. The van der Waals surface area contributed by atoms with Crippen LogP contribution in [0.25, 0.3) is 10.9 Å². The Balaban J connectivity index is 2.83. The minimum atomic E-state index is -0.461. The quantitative estimate of drug-likeness (QED) is 0.576. The predicted octanol–water partition coefficient (Wildman–Crippen LogP) is 3.07. The Morgan fingerprint density at radius 2 is 2.19 bits per heavy atom. The van der Waals surface area contributed by atoms with Gasteiger partial charge >= 0.3 is 0 Å². The van der Waals surface area contributed by atoms with Crippen LogP contribution in [0.3, 0.4) is 0 Å². The first kappa shape index (κ1) is 11.0. The zero-order valence-electron chi connectivity index (χ0n) is 8.40. The summed E-state index contributed by atoms with van der Waals surface area (Å²) >= 11 is 10.5. The minimum Gasteiger partial charge on any atom is -0.334 e. The third kappa shape index (κ3) is 1.57. The molecular formula is C11H7ClN2OS. The number of aliphatic imine (C=N–C) groups is 1. The van der Waals surface area contributed by atoms with Gasteiger partial charge in [-0.1, -0.05) is 29.8 Å². The van der Waals surface area contributed by atoms with Crippen LogP contribution in [0.15, 0.2) is 29.3 Å². The second kappa shape index (κ2) is 4.18. The molecule has 1 amide bonds. The Kier molecular flexibility index (Phi) is 2.88. The van der Waals surface area contributed by atoms with Gasteiger partial charge in [0, 0.05) is 18.0 Å². The maximum absolute atomic E-state index is 11.7. The molecule has 0 saturated carbocycles. The number of amides is 1. The number of rotatable bonds is 1. The molecule has 1 aromatic carbocycles. The second-order valence-corrected chi connectivity index (χ2v) is 3.79. The molecular weight excluding hydrogens is 244 g/mol. The van der Waals surface area contributed by atoms with Gasteiger partial charge in [0.2, 0.25) is 0 Å². The molecule has 0 aliphatic carbocycles. The van der Waals surface area contributed by atoms with Gasteiger partial charge in [0.05, 0.1) is 10.7 Å². The molecule has 0 radical (unpaired) electrons. The van der Waals surface area contributed by atoms with Crippen molar-refractivity contribution in [1.29, 1.82) is 0 Å². The van der Waals surface area contributed by atoms with E-state index in [2.05, 4.69) is 22.4 Å². The van der Waals surface area contributed by atoms with Gasteiger partial charge in [0.25, 0.3) is 5.91 Å². The number of fused-ring (bicyclic) bond motifs is 1. The molecule has 0 bridgehead atoms. The number of isothiocyanates is 1. The molecule has 0 unspecified atom stereocenters. The van der Waals surface area contributed by atoms with Gasteiger partial charge in [-0.15, -0.1) is 0 Å². The van der Waals surface area contributed by atoms with Crippen LogP contribution in [0.5, 0.6) is 0 Å². The Labute approximate surface area is 102 Å². The van der Waals surface area contributed by atoms with Gasteiger partial charge in [-0.25, -0.2) is 0 Å². The molecule has 3 nitrogen and oxygen atoms in total. The van der Waals surface area contributed by atoms with Gasteiger partial charge < -0.3 is 4.57 Å².